The number of carbonyl (C=O) groups excluding carboxylic acids is 1. The van der Waals surface area contributed by atoms with E-state index >= 15 is 0 Å². The van der Waals surface area contributed by atoms with Crippen molar-refractivity contribution in [3.05, 3.63) is 83.1 Å². The van der Waals surface area contributed by atoms with Crippen LogP contribution in [0.25, 0.3) is 16.9 Å². The van der Waals surface area contributed by atoms with Crippen molar-refractivity contribution in [2.24, 2.45) is 5.73 Å². The minimum atomic E-state index is -0.814. The van der Waals surface area contributed by atoms with Crippen molar-refractivity contribution in [1.29, 1.82) is 5.26 Å². The number of nitrogens with zero attached hydrogens (tertiary/aromatic N) is 6. The number of imidazole rings is 1. The van der Waals surface area contributed by atoms with Gasteiger partial charge in [-0.05, 0) is 56.3 Å². The van der Waals surface area contributed by atoms with Crippen molar-refractivity contribution in [3.8, 4) is 23.3 Å². The second-order valence-corrected chi connectivity index (χ2v) is 9.68. The number of nitrogens with two attached hydrogens (primary N) is 2. The van der Waals surface area contributed by atoms with Gasteiger partial charge in [0, 0.05) is 18.6 Å². The molecule has 0 atom stereocenters. The minimum Gasteiger partial charge on any atom is -0.457 e. The third kappa shape index (κ3) is 4.60. The predicted molar refractivity (Wildman–Crippen MR) is 142 cm³/mol. The molecule has 2 aromatic heterocycles. The van der Waals surface area contributed by atoms with Crippen molar-refractivity contribution >= 4 is 22.9 Å². The van der Waals surface area contributed by atoms with Crippen LogP contribution in [0.1, 0.15) is 19.9 Å². The summed E-state index contributed by atoms with van der Waals surface area (Å²) in [5, 5.41) is 9.44. The van der Waals surface area contributed by atoms with Gasteiger partial charge in [-0.15, -0.1) is 0 Å². The van der Waals surface area contributed by atoms with Crippen molar-refractivity contribution < 1.29 is 9.53 Å². The number of rotatable bonds is 6. The summed E-state index contributed by atoms with van der Waals surface area (Å²) >= 11 is 0. The van der Waals surface area contributed by atoms with E-state index in [9.17, 15) is 14.9 Å². The molecule has 3 heterocycles. The molecule has 0 aliphatic carbocycles. The number of likely N-dealkylation sites (tertiary alicyclic amines) is 1. The van der Waals surface area contributed by atoms with E-state index in [2.05, 4.69) is 9.97 Å². The summed E-state index contributed by atoms with van der Waals surface area (Å²) < 4.78 is 8.84. The van der Waals surface area contributed by atoms with Gasteiger partial charge >= 0.3 is 5.69 Å². The molecule has 1 aliphatic heterocycles. The number of fused-ring (bicyclic) bond motifs is 1. The molecule has 38 heavy (non-hydrogen) atoms. The summed E-state index contributed by atoms with van der Waals surface area (Å²) in [4.78, 5) is 36.4. The zero-order chi connectivity index (χ0) is 27.0. The zero-order valence-electron chi connectivity index (χ0n) is 20.9. The standard InChI is InChI=1S/C27H26N8O3/c1-27(2,30)12-17(13-28)25(36)33-14-19(15-33)35-24-22(23(29)31-16-32-24)34(26(35)37)18-8-10-21(11-9-18)38-20-6-4-3-5-7-20/h3-12,16,19H,14-15,30H2,1-2H3,(H2,29,31,32)/b17-12-. The lowest BCUT2D eigenvalue weighted by molar-refractivity contribution is -0.132. The zero-order valence-corrected chi connectivity index (χ0v) is 20.9. The molecule has 2 aromatic carbocycles. The van der Waals surface area contributed by atoms with Crippen LogP contribution in [0, 0.1) is 11.3 Å². The Labute approximate surface area is 218 Å². The summed E-state index contributed by atoms with van der Waals surface area (Å²) in [7, 11) is 0. The quantitative estimate of drug-likeness (QED) is 0.296. The first-order chi connectivity index (χ1) is 18.2. The highest BCUT2D eigenvalue weighted by Crippen LogP contribution is 2.29. The van der Waals surface area contributed by atoms with Crippen molar-refractivity contribution in [2.45, 2.75) is 25.4 Å². The molecule has 0 unspecified atom stereocenters. The Morgan fingerprint density at radius 2 is 1.76 bits per heavy atom. The maximum Gasteiger partial charge on any atom is 0.335 e. The number of amides is 1. The highest BCUT2D eigenvalue weighted by atomic mass is 16.5. The molecule has 192 valence electrons. The first-order valence-electron chi connectivity index (χ1n) is 11.9. The maximum atomic E-state index is 13.7. The lowest BCUT2D eigenvalue weighted by Gasteiger charge is -2.39. The van der Waals surface area contributed by atoms with Gasteiger partial charge in [0.05, 0.1) is 11.7 Å². The van der Waals surface area contributed by atoms with E-state index in [1.807, 2.05) is 36.4 Å². The SMILES string of the molecule is CC(C)(N)/C=C(/C#N)C(=O)N1CC(n2c(=O)n(-c3ccc(Oc4ccccc4)cc3)c3c(N)ncnc32)C1. The Morgan fingerprint density at radius 3 is 2.39 bits per heavy atom. The van der Waals surface area contributed by atoms with Gasteiger partial charge in [0.1, 0.15) is 35.0 Å². The van der Waals surface area contributed by atoms with Gasteiger partial charge in [0.25, 0.3) is 5.91 Å². The molecule has 0 bridgehead atoms. The van der Waals surface area contributed by atoms with Crippen LogP contribution in [0.5, 0.6) is 11.5 Å². The molecule has 4 N–H and O–H groups in total. The lowest BCUT2D eigenvalue weighted by Crippen LogP contribution is -2.53. The molecular weight excluding hydrogens is 484 g/mol. The molecule has 4 aromatic rings. The van der Waals surface area contributed by atoms with Crippen LogP contribution in [0.2, 0.25) is 0 Å². The summed E-state index contributed by atoms with van der Waals surface area (Å²) in [5.41, 5.74) is 12.2. The molecule has 0 saturated carbocycles. The van der Waals surface area contributed by atoms with Crippen LogP contribution in [-0.4, -0.2) is 48.5 Å². The normalized spacial score (nSPS) is 14.3. The van der Waals surface area contributed by atoms with Crippen LogP contribution in [-0.2, 0) is 4.79 Å². The summed E-state index contributed by atoms with van der Waals surface area (Å²) in [5.74, 6) is 1.03. The average Bonchev–Trinajstić information content (AvgIpc) is 3.15. The van der Waals surface area contributed by atoms with Crippen molar-refractivity contribution in [3.63, 3.8) is 0 Å². The Balaban J connectivity index is 1.46. The molecule has 11 heteroatoms. The van der Waals surface area contributed by atoms with Gasteiger partial charge in [0.2, 0.25) is 0 Å². The van der Waals surface area contributed by atoms with Crippen LogP contribution in [0.4, 0.5) is 5.82 Å². The number of aromatic nitrogens is 4. The molecular formula is C27H26N8O3. The number of nitriles is 1. The average molecular weight is 511 g/mol. The van der Waals surface area contributed by atoms with Gasteiger partial charge in [-0.1, -0.05) is 18.2 Å². The van der Waals surface area contributed by atoms with Gasteiger partial charge in [-0.2, -0.15) is 5.26 Å². The molecule has 1 aliphatic rings. The summed E-state index contributed by atoms with van der Waals surface area (Å²) in [6, 6.07) is 18.0. The van der Waals surface area contributed by atoms with Crippen LogP contribution in [0.3, 0.4) is 0 Å². The minimum absolute atomic E-state index is 0.0323. The van der Waals surface area contributed by atoms with Crippen LogP contribution < -0.4 is 21.9 Å². The molecule has 0 radical (unpaired) electrons. The fraction of sp³-hybridized carbons (Fsp3) is 0.222. The lowest BCUT2D eigenvalue weighted by atomic mass is 10.0. The molecule has 0 spiro atoms. The maximum absolute atomic E-state index is 13.7. The van der Waals surface area contributed by atoms with Crippen LogP contribution in [0.15, 0.2) is 77.4 Å². The monoisotopic (exact) mass is 510 g/mol. The summed E-state index contributed by atoms with van der Waals surface area (Å²) in [6.07, 6.45) is 2.75. The first-order valence-corrected chi connectivity index (χ1v) is 11.9. The molecule has 1 saturated heterocycles. The summed E-state index contributed by atoms with van der Waals surface area (Å²) in [6.45, 7) is 3.87. The van der Waals surface area contributed by atoms with E-state index in [0.29, 0.717) is 28.4 Å². The van der Waals surface area contributed by atoms with Gasteiger partial charge in [-0.3, -0.25) is 13.9 Å². The topological polar surface area (TPSA) is 158 Å². The van der Waals surface area contributed by atoms with Gasteiger partial charge in [0.15, 0.2) is 11.5 Å². The fourth-order valence-electron chi connectivity index (χ4n) is 4.39. The molecule has 5 rings (SSSR count). The van der Waals surface area contributed by atoms with E-state index in [1.165, 1.54) is 26.4 Å². The number of benzene rings is 2. The van der Waals surface area contributed by atoms with Crippen molar-refractivity contribution in [2.75, 3.05) is 18.8 Å². The molecule has 11 nitrogen and oxygen atoms in total. The highest BCUT2D eigenvalue weighted by molar-refractivity contribution is 5.98. The highest BCUT2D eigenvalue weighted by Gasteiger charge is 2.37. The number of ether oxygens (including phenoxy) is 1. The number of hydrogen-bond acceptors (Lipinski definition) is 8. The Bertz CT molecular complexity index is 1630. The van der Waals surface area contributed by atoms with E-state index in [1.54, 1.807) is 38.1 Å². The Morgan fingerprint density at radius 1 is 1.11 bits per heavy atom. The Hall–Kier alpha value is -4.95. The fourth-order valence-corrected chi connectivity index (χ4v) is 4.39. The Kier molecular flexibility index (Phi) is 6.18. The number of hydrogen-bond donors (Lipinski definition) is 2. The van der Waals surface area contributed by atoms with Gasteiger partial charge in [-0.25, -0.2) is 14.8 Å². The number of nitrogen functional groups attached to an aromatic ring is 1. The van der Waals surface area contributed by atoms with E-state index in [0.717, 1.165) is 0 Å². The van der Waals surface area contributed by atoms with Crippen LogP contribution >= 0.6 is 0 Å². The van der Waals surface area contributed by atoms with Crippen molar-refractivity contribution in [1.82, 2.24) is 24.0 Å². The smallest absolute Gasteiger partial charge is 0.335 e. The third-order valence-electron chi connectivity index (χ3n) is 6.14. The number of carbonyl (C=O) groups is 1. The molecule has 1 amide bonds. The first kappa shape index (κ1) is 24.7. The predicted octanol–water partition coefficient (Wildman–Crippen LogP) is 2.53. The molecule has 1 fully saturated rings. The second kappa shape index (κ2) is 9.49. The van der Waals surface area contributed by atoms with E-state index in [-0.39, 0.29) is 36.2 Å². The number of anilines is 1. The van der Waals surface area contributed by atoms with E-state index in [4.69, 9.17) is 16.2 Å². The second-order valence-electron chi connectivity index (χ2n) is 9.68. The number of para-hydroxylation sites is 1. The largest absolute Gasteiger partial charge is 0.457 e. The third-order valence-corrected chi connectivity index (χ3v) is 6.14. The van der Waals surface area contributed by atoms with E-state index < -0.39 is 11.4 Å². The van der Waals surface area contributed by atoms with Gasteiger partial charge < -0.3 is 21.1 Å².